The largest absolute Gasteiger partial charge is 0.483 e. The number of carbonyl (C=O) groups is 3. The zero-order valence-corrected chi connectivity index (χ0v) is 18.3. The summed E-state index contributed by atoms with van der Waals surface area (Å²) in [5.74, 6) is -1.38. The monoisotopic (exact) mass is 456 g/mol. The van der Waals surface area contributed by atoms with E-state index < -0.39 is 34.2 Å². The van der Waals surface area contributed by atoms with Crippen LogP contribution in [-0.2, 0) is 14.8 Å². The number of ketones is 1. The van der Waals surface area contributed by atoms with Gasteiger partial charge in [0.05, 0.1) is 17.0 Å². The Balaban J connectivity index is 1.50. The summed E-state index contributed by atoms with van der Waals surface area (Å²) < 4.78 is 32.7. The van der Waals surface area contributed by atoms with Gasteiger partial charge in [-0.1, -0.05) is 25.0 Å². The van der Waals surface area contributed by atoms with Crippen LogP contribution in [0.4, 0.5) is 0 Å². The van der Waals surface area contributed by atoms with Crippen LogP contribution in [0.1, 0.15) is 46.4 Å². The molecule has 9 heteroatoms. The first-order valence-corrected chi connectivity index (χ1v) is 12.0. The van der Waals surface area contributed by atoms with E-state index in [1.165, 1.54) is 34.6 Å². The highest BCUT2D eigenvalue weighted by atomic mass is 32.2. The van der Waals surface area contributed by atoms with Gasteiger partial charge in [-0.2, -0.15) is 4.31 Å². The third kappa shape index (κ3) is 4.44. The smallest absolute Gasteiger partial charge is 0.267 e. The Morgan fingerprint density at radius 3 is 2.25 bits per heavy atom. The van der Waals surface area contributed by atoms with Crippen molar-refractivity contribution in [2.75, 3.05) is 26.2 Å². The second-order valence-electron chi connectivity index (χ2n) is 7.84. The van der Waals surface area contributed by atoms with Gasteiger partial charge in [0.25, 0.3) is 11.8 Å². The highest BCUT2D eigenvalue weighted by molar-refractivity contribution is 7.89. The van der Waals surface area contributed by atoms with Crippen LogP contribution in [0.3, 0.4) is 0 Å². The van der Waals surface area contributed by atoms with E-state index in [2.05, 4.69) is 0 Å². The Morgan fingerprint density at radius 2 is 1.56 bits per heavy atom. The molecule has 0 aromatic heterocycles. The molecule has 0 atom stereocenters. The van der Waals surface area contributed by atoms with Crippen LogP contribution >= 0.6 is 0 Å². The van der Waals surface area contributed by atoms with Crippen LogP contribution < -0.4 is 4.74 Å². The number of carbonyl (C=O) groups excluding carboxylic acids is 3. The van der Waals surface area contributed by atoms with Gasteiger partial charge in [0.1, 0.15) is 5.75 Å². The summed E-state index contributed by atoms with van der Waals surface area (Å²) in [6.07, 6.45) is 3.70. The molecule has 2 aromatic rings. The lowest BCUT2D eigenvalue weighted by molar-refractivity contribution is -0.129. The Bertz CT molecular complexity index is 1140. The molecule has 1 fully saturated rings. The van der Waals surface area contributed by atoms with Crippen LogP contribution in [0.5, 0.6) is 5.75 Å². The summed E-state index contributed by atoms with van der Waals surface area (Å²) in [5.41, 5.74) is 0.434. The molecule has 2 aromatic carbocycles. The summed E-state index contributed by atoms with van der Waals surface area (Å²) in [4.78, 5) is 39.0. The van der Waals surface area contributed by atoms with Gasteiger partial charge in [0.15, 0.2) is 12.4 Å². The molecule has 0 N–H and O–H groups in total. The van der Waals surface area contributed by atoms with E-state index in [-0.39, 0.29) is 22.6 Å². The Labute approximate surface area is 186 Å². The van der Waals surface area contributed by atoms with Crippen molar-refractivity contribution in [2.45, 2.75) is 30.6 Å². The van der Waals surface area contributed by atoms with Gasteiger partial charge in [-0.3, -0.25) is 19.3 Å². The molecular weight excluding hydrogens is 432 g/mol. The molecule has 32 heavy (non-hydrogen) atoms. The lowest BCUT2D eigenvalue weighted by atomic mass is 10.1. The lowest BCUT2D eigenvalue weighted by Crippen LogP contribution is -2.41. The summed E-state index contributed by atoms with van der Waals surface area (Å²) >= 11 is 0. The molecule has 168 valence electrons. The molecular formula is C23H24N2O6S. The molecule has 0 aliphatic carbocycles. The molecule has 2 aliphatic heterocycles. The second-order valence-corrected chi connectivity index (χ2v) is 9.77. The fourth-order valence-electron chi connectivity index (χ4n) is 3.88. The number of benzene rings is 2. The quantitative estimate of drug-likeness (QED) is 0.506. The highest BCUT2D eigenvalue weighted by Gasteiger charge is 2.31. The molecule has 2 heterocycles. The van der Waals surface area contributed by atoms with Gasteiger partial charge in [0, 0.05) is 18.7 Å². The molecule has 2 amide bonds. The van der Waals surface area contributed by atoms with E-state index in [9.17, 15) is 22.8 Å². The molecule has 0 saturated carbocycles. The molecule has 0 spiro atoms. The van der Waals surface area contributed by atoms with E-state index in [1.54, 1.807) is 18.2 Å². The van der Waals surface area contributed by atoms with Crippen molar-refractivity contribution in [3.63, 3.8) is 0 Å². The number of ether oxygens (including phenoxy) is 1. The number of hydrogen-bond acceptors (Lipinski definition) is 6. The summed E-state index contributed by atoms with van der Waals surface area (Å²) in [5, 5.41) is 0. The van der Waals surface area contributed by atoms with Crippen LogP contribution in [0.2, 0.25) is 0 Å². The minimum atomic E-state index is -3.62. The first kappa shape index (κ1) is 22.2. The first-order chi connectivity index (χ1) is 15.4. The number of Topliss-reactive ketones (excluding diaryl/α,β-unsaturated/α-hetero) is 1. The van der Waals surface area contributed by atoms with Crippen molar-refractivity contribution in [3.8, 4) is 5.75 Å². The zero-order chi connectivity index (χ0) is 22.7. The molecule has 2 aliphatic rings. The fourth-order valence-corrected chi connectivity index (χ4v) is 5.40. The molecule has 0 bridgehead atoms. The van der Waals surface area contributed by atoms with Gasteiger partial charge in [-0.25, -0.2) is 8.42 Å². The van der Waals surface area contributed by atoms with Gasteiger partial charge >= 0.3 is 0 Å². The number of hydrogen-bond donors (Lipinski definition) is 0. The van der Waals surface area contributed by atoms with Crippen LogP contribution in [-0.4, -0.2) is 61.5 Å². The average Bonchev–Trinajstić information content (AvgIpc) is 3.15. The van der Waals surface area contributed by atoms with Crippen molar-refractivity contribution < 1.29 is 27.5 Å². The summed E-state index contributed by atoms with van der Waals surface area (Å²) in [6.45, 7) is 0.189. The predicted molar refractivity (Wildman–Crippen MR) is 116 cm³/mol. The van der Waals surface area contributed by atoms with Gasteiger partial charge < -0.3 is 4.74 Å². The van der Waals surface area contributed by atoms with E-state index in [0.29, 0.717) is 18.8 Å². The SMILES string of the molecule is O=C(CN1C(=O)COc2ccccc2C1=O)c1ccc(S(=O)(=O)N2CCCCCC2)cc1. The van der Waals surface area contributed by atoms with Crippen molar-refractivity contribution in [3.05, 3.63) is 59.7 Å². The number of fused-ring (bicyclic) bond motifs is 1. The molecule has 4 rings (SSSR count). The fraction of sp³-hybridized carbons (Fsp3) is 0.348. The third-order valence-electron chi connectivity index (χ3n) is 5.70. The average molecular weight is 457 g/mol. The minimum absolute atomic E-state index is 0.125. The number of rotatable bonds is 5. The molecule has 0 radical (unpaired) electrons. The maximum absolute atomic E-state index is 12.9. The van der Waals surface area contributed by atoms with Gasteiger partial charge in [-0.15, -0.1) is 0 Å². The second kappa shape index (κ2) is 9.22. The standard InChI is InChI=1S/C23H24N2O6S/c26-20(15-25-22(27)16-31-21-8-4-3-7-19(21)23(25)28)17-9-11-18(12-10-17)32(29,30)24-13-5-1-2-6-14-24/h3-4,7-12H,1-2,5-6,13-16H2. The van der Waals surface area contributed by atoms with Crippen molar-refractivity contribution in [1.82, 2.24) is 9.21 Å². The first-order valence-electron chi connectivity index (χ1n) is 10.6. The Morgan fingerprint density at radius 1 is 0.906 bits per heavy atom. The van der Waals surface area contributed by atoms with Gasteiger partial charge in [-0.05, 0) is 49.2 Å². The zero-order valence-electron chi connectivity index (χ0n) is 17.5. The minimum Gasteiger partial charge on any atom is -0.483 e. The number of amides is 2. The number of nitrogens with zero attached hydrogens (tertiary/aromatic N) is 2. The normalized spacial score (nSPS) is 17.8. The molecule has 0 unspecified atom stereocenters. The maximum Gasteiger partial charge on any atom is 0.267 e. The van der Waals surface area contributed by atoms with Crippen molar-refractivity contribution in [1.29, 1.82) is 0 Å². The Kier molecular flexibility index (Phi) is 6.38. The lowest BCUT2D eigenvalue weighted by Gasteiger charge is -2.20. The van der Waals surface area contributed by atoms with E-state index in [4.69, 9.17) is 4.74 Å². The van der Waals surface area contributed by atoms with E-state index >= 15 is 0 Å². The van der Waals surface area contributed by atoms with Crippen LogP contribution in [0.25, 0.3) is 0 Å². The predicted octanol–water partition coefficient (Wildman–Crippen LogP) is 2.50. The molecule has 1 saturated heterocycles. The van der Waals surface area contributed by atoms with Crippen molar-refractivity contribution >= 4 is 27.6 Å². The number of sulfonamides is 1. The number of imide groups is 1. The third-order valence-corrected chi connectivity index (χ3v) is 7.61. The summed E-state index contributed by atoms with van der Waals surface area (Å²) in [7, 11) is -3.62. The molecule has 8 nitrogen and oxygen atoms in total. The highest BCUT2D eigenvalue weighted by Crippen LogP contribution is 2.24. The maximum atomic E-state index is 12.9. The van der Waals surface area contributed by atoms with E-state index in [0.717, 1.165) is 30.6 Å². The Hall–Kier alpha value is -3.04. The summed E-state index contributed by atoms with van der Waals surface area (Å²) in [6, 6.07) is 12.1. The van der Waals surface area contributed by atoms with Crippen LogP contribution in [0.15, 0.2) is 53.4 Å². The number of para-hydroxylation sites is 1. The van der Waals surface area contributed by atoms with Gasteiger partial charge in [0.2, 0.25) is 10.0 Å². The topological polar surface area (TPSA) is 101 Å². The van der Waals surface area contributed by atoms with E-state index in [1.807, 2.05) is 0 Å². The van der Waals surface area contributed by atoms with Crippen LogP contribution in [0, 0.1) is 0 Å². The van der Waals surface area contributed by atoms with Crippen molar-refractivity contribution in [2.24, 2.45) is 0 Å².